The van der Waals surface area contributed by atoms with Crippen LogP contribution in [0.3, 0.4) is 0 Å². The van der Waals surface area contributed by atoms with Crippen LogP contribution < -0.4 is 5.32 Å². The quantitative estimate of drug-likeness (QED) is 0.672. The summed E-state index contributed by atoms with van der Waals surface area (Å²) >= 11 is 0. The van der Waals surface area contributed by atoms with Gasteiger partial charge in [-0.05, 0) is 47.5 Å². The lowest BCUT2D eigenvalue weighted by Crippen LogP contribution is -2.45. The van der Waals surface area contributed by atoms with Crippen molar-refractivity contribution in [1.29, 1.82) is 0 Å². The first kappa shape index (κ1) is 19.8. The van der Waals surface area contributed by atoms with Crippen LogP contribution in [0.2, 0.25) is 0 Å². The lowest BCUT2D eigenvalue weighted by Gasteiger charge is -2.30. The second-order valence-corrected chi connectivity index (χ2v) is 6.37. The van der Waals surface area contributed by atoms with E-state index < -0.39 is 11.1 Å². The topological polar surface area (TPSA) is 72.5 Å². The molecule has 0 saturated heterocycles. The molecule has 0 heterocycles. The van der Waals surface area contributed by atoms with E-state index in [0.717, 1.165) is 0 Å². The van der Waals surface area contributed by atoms with E-state index >= 15 is 0 Å². The predicted octanol–water partition coefficient (Wildman–Crippen LogP) is 2.41. The van der Waals surface area contributed by atoms with Crippen molar-refractivity contribution in [3.05, 3.63) is 0 Å². The molecule has 0 aromatic rings. The van der Waals surface area contributed by atoms with Crippen molar-refractivity contribution < 1.29 is 19.1 Å². The number of hydrogen-bond acceptors (Lipinski definition) is 4. The minimum Gasteiger partial charge on any atom is -0.367 e. The Morgan fingerprint density at radius 1 is 1.05 bits per heavy atom. The Labute approximate surface area is 127 Å². The second-order valence-electron chi connectivity index (χ2n) is 6.37. The average molecular weight is 299 g/mol. The van der Waals surface area contributed by atoms with Gasteiger partial charge in [0, 0.05) is 18.4 Å². The SMILES string of the molecule is CCC(C)(OCCC(C)(C)NC(=O)CCC(C)=O)C(C)=O. The van der Waals surface area contributed by atoms with Gasteiger partial charge in [-0.3, -0.25) is 9.59 Å². The van der Waals surface area contributed by atoms with Gasteiger partial charge < -0.3 is 14.8 Å². The molecular formula is C16H29NO4. The molecule has 21 heavy (non-hydrogen) atoms. The lowest BCUT2D eigenvalue weighted by atomic mass is 9.97. The highest BCUT2D eigenvalue weighted by molar-refractivity contribution is 5.84. The van der Waals surface area contributed by atoms with E-state index in [9.17, 15) is 14.4 Å². The second kappa shape index (κ2) is 8.27. The highest BCUT2D eigenvalue weighted by atomic mass is 16.5. The summed E-state index contributed by atoms with van der Waals surface area (Å²) in [5.41, 5.74) is -1.19. The van der Waals surface area contributed by atoms with Gasteiger partial charge in [-0.1, -0.05) is 6.92 Å². The normalized spacial score (nSPS) is 14.4. The third kappa shape index (κ3) is 7.95. The predicted molar refractivity (Wildman–Crippen MR) is 82.1 cm³/mol. The van der Waals surface area contributed by atoms with Gasteiger partial charge in [0.1, 0.15) is 11.4 Å². The van der Waals surface area contributed by atoms with E-state index in [2.05, 4.69) is 5.32 Å². The molecule has 0 aliphatic carbocycles. The Morgan fingerprint density at radius 2 is 1.62 bits per heavy atom. The molecule has 0 rings (SSSR count). The summed E-state index contributed by atoms with van der Waals surface area (Å²) in [7, 11) is 0. The van der Waals surface area contributed by atoms with Crippen molar-refractivity contribution in [2.45, 2.75) is 78.4 Å². The molecule has 1 unspecified atom stereocenters. The number of ketones is 2. The van der Waals surface area contributed by atoms with E-state index in [4.69, 9.17) is 4.74 Å². The van der Waals surface area contributed by atoms with Crippen LogP contribution in [-0.4, -0.2) is 35.2 Å². The monoisotopic (exact) mass is 299 g/mol. The number of hydrogen-bond donors (Lipinski definition) is 1. The van der Waals surface area contributed by atoms with E-state index in [-0.39, 0.29) is 30.3 Å². The molecule has 0 spiro atoms. The lowest BCUT2D eigenvalue weighted by molar-refractivity contribution is -0.141. The number of carbonyl (C=O) groups excluding carboxylic acids is 3. The highest BCUT2D eigenvalue weighted by Crippen LogP contribution is 2.19. The molecule has 1 N–H and O–H groups in total. The third-order valence-electron chi connectivity index (χ3n) is 3.75. The van der Waals surface area contributed by atoms with Crippen LogP contribution in [-0.2, 0) is 19.1 Å². The van der Waals surface area contributed by atoms with Gasteiger partial charge in [-0.15, -0.1) is 0 Å². The molecule has 5 nitrogen and oxygen atoms in total. The molecule has 5 heteroatoms. The number of ether oxygens (including phenoxy) is 1. The largest absolute Gasteiger partial charge is 0.367 e. The van der Waals surface area contributed by atoms with Gasteiger partial charge in [-0.2, -0.15) is 0 Å². The Morgan fingerprint density at radius 3 is 2.05 bits per heavy atom. The zero-order valence-corrected chi connectivity index (χ0v) is 14.2. The molecule has 0 bridgehead atoms. The minimum atomic E-state index is -0.755. The molecule has 0 aromatic heterocycles. The summed E-state index contributed by atoms with van der Waals surface area (Å²) in [5, 5.41) is 2.89. The van der Waals surface area contributed by atoms with Gasteiger partial charge in [0.15, 0.2) is 5.78 Å². The summed E-state index contributed by atoms with van der Waals surface area (Å²) < 4.78 is 5.70. The standard InChI is InChI=1S/C16H29NO4/c1-7-16(6,13(3)19)21-11-10-15(4,5)17-14(20)9-8-12(2)18/h7-11H2,1-6H3,(H,17,20). The van der Waals surface area contributed by atoms with E-state index in [0.29, 0.717) is 19.4 Å². The summed E-state index contributed by atoms with van der Waals surface area (Å²) in [6, 6.07) is 0. The van der Waals surface area contributed by atoms with Crippen LogP contribution in [0, 0.1) is 0 Å². The first-order valence-electron chi connectivity index (χ1n) is 7.48. The fraction of sp³-hybridized carbons (Fsp3) is 0.812. The van der Waals surface area contributed by atoms with E-state index in [1.165, 1.54) is 13.8 Å². The maximum atomic E-state index is 11.7. The van der Waals surface area contributed by atoms with E-state index in [1.807, 2.05) is 20.8 Å². The fourth-order valence-corrected chi connectivity index (χ4v) is 1.78. The van der Waals surface area contributed by atoms with Crippen LogP contribution in [0.15, 0.2) is 0 Å². The van der Waals surface area contributed by atoms with Crippen LogP contribution in [0.25, 0.3) is 0 Å². The zero-order valence-electron chi connectivity index (χ0n) is 14.2. The average Bonchev–Trinajstić information content (AvgIpc) is 2.35. The first-order chi connectivity index (χ1) is 9.52. The van der Waals surface area contributed by atoms with Crippen LogP contribution >= 0.6 is 0 Å². The first-order valence-corrected chi connectivity index (χ1v) is 7.48. The smallest absolute Gasteiger partial charge is 0.220 e. The molecule has 0 aliphatic heterocycles. The van der Waals surface area contributed by atoms with Gasteiger partial charge in [0.25, 0.3) is 0 Å². The van der Waals surface area contributed by atoms with Crippen molar-refractivity contribution in [3.8, 4) is 0 Å². The zero-order chi connectivity index (χ0) is 16.7. The molecule has 122 valence electrons. The minimum absolute atomic E-state index is 0.00598. The van der Waals surface area contributed by atoms with Crippen molar-refractivity contribution in [1.82, 2.24) is 5.32 Å². The molecule has 0 aromatic carbocycles. The van der Waals surface area contributed by atoms with Crippen molar-refractivity contribution in [2.24, 2.45) is 0 Å². The summed E-state index contributed by atoms with van der Waals surface area (Å²) in [5.74, 6) is -0.125. The molecule has 0 fully saturated rings. The van der Waals surface area contributed by atoms with Crippen molar-refractivity contribution in [3.63, 3.8) is 0 Å². The van der Waals surface area contributed by atoms with Crippen LogP contribution in [0.1, 0.15) is 67.2 Å². The maximum Gasteiger partial charge on any atom is 0.220 e. The van der Waals surface area contributed by atoms with Crippen LogP contribution in [0.5, 0.6) is 0 Å². The number of carbonyl (C=O) groups is 3. The molecule has 0 radical (unpaired) electrons. The molecular weight excluding hydrogens is 270 g/mol. The summed E-state index contributed by atoms with van der Waals surface area (Å²) in [6.45, 7) is 10.9. The molecule has 0 aliphatic rings. The Bertz CT molecular complexity index is 390. The summed E-state index contributed by atoms with van der Waals surface area (Å²) in [6.07, 6.45) is 1.69. The fourth-order valence-electron chi connectivity index (χ4n) is 1.78. The number of rotatable bonds is 10. The van der Waals surface area contributed by atoms with E-state index in [1.54, 1.807) is 6.92 Å². The third-order valence-corrected chi connectivity index (χ3v) is 3.75. The Kier molecular flexibility index (Phi) is 7.79. The van der Waals surface area contributed by atoms with Crippen molar-refractivity contribution in [2.75, 3.05) is 6.61 Å². The van der Waals surface area contributed by atoms with Gasteiger partial charge in [-0.25, -0.2) is 0 Å². The van der Waals surface area contributed by atoms with Gasteiger partial charge in [0.2, 0.25) is 5.91 Å². The van der Waals surface area contributed by atoms with Crippen LogP contribution in [0.4, 0.5) is 0 Å². The highest BCUT2D eigenvalue weighted by Gasteiger charge is 2.29. The number of amides is 1. The number of Topliss-reactive ketones (excluding diaryl/α,β-unsaturated/α-hetero) is 2. The molecule has 1 amide bonds. The van der Waals surface area contributed by atoms with Gasteiger partial charge >= 0.3 is 0 Å². The Balaban J connectivity index is 4.27. The maximum absolute atomic E-state index is 11.7. The summed E-state index contributed by atoms with van der Waals surface area (Å²) in [4.78, 5) is 34.1. The van der Waals surface area contributed by atoms with Gasteiger partial charge in [0.05, 0.1) is 6.61 Å². The molecule has 0 saturated carbocycles. The molecule has 1 atom stereocenters. The Hall–Kier alpha value is -1.23. The van der Waals surface area contributed by atoms with Crippen molar-refractivity contribution >= 4 is 17.5 Å². The number of nitrogens with one attached hydrogen (secondary N) is 1.